The Morgan fingerprint density at radius 3 is 1.02 bits per heavy atom. The van der Waals surface area contributed by atoms with Crippen LogP contribution in [0.2, 0.25) is 0 Å². The number of unbranched alkanes of at least 4 members (excludes halogenated alkanes) is 53. The Balaban J connectivity index is 1.59. The lowest BCUT2D eigenvalue weighted by molar-refractivity contribution is -0.359. The number of aliphatic hydroxyl groups excluding tert-OH is 8. The fourth-order valence-electron chi connectivity index (χ4n) is 14.1. The van der Waals surface area contributed by atoms with Crippen molar-refractivity contribution in [3.05, 3.63) is 48.6 Å². The van der Waals surface area contributed by atoms with E-state index in [-0.39, 0.29) is 18.9 Å². The predicted molar refractivity (Wildman–Crippen MR) is 411 cm³/mol. The number of nitrogens with one attached hydrogen (secondary N) is 1. The van der Waals surface area contributed by atoms with Gasteiger partial charge in [0, 0.05) is 6.42 Å². The Hall–Kier alpha value is -2.05. The van der Waals surface area contributed by atoms with E-state index in [4.69, 9.17) is 18.9 Å². The molecule has 0 bridgehead atoms. The molecule has 14 heteroatoms. The molecule has 2 fully saturated rings. The number of ether oxygens (including phenoxy) is 4. The highest BCUT2D eigenvalue weighted by molar-refractivity contribution is 5.76. The first-order chi connectivity index (χ1) is 48.6. The molecule has 582 valence electrons. The molecule has 0 aliphatic carbocycles. The van der Waals surface area contributed by atoms with Crippen molar-refractivity contribution in [1.82, 2.24) is 5.32 Å². The number of allylic oxidation sites excluding steroid dienone is 7. The average Bonchev–Trinajstić information content (AvgIpc) is 0.799. The lowest BCUT2D eigenvalue weighted by Gasteiger charge is -2.46. The number of hydrogen-bond donors (Lipinski definition) is 9. The lowest BCUT2D eigenvalue weighted by Crippen LogP contribution is -2.65. The van der Waals surface area contributed by atoms with Crippen LogP contribution in [0.5, 0.6) is 0 Å². The topological polar surface area (TPSA) is 228 Å². The normalized spacial score (nSPS) is 22.1. The molecule has 0 aromatic carbocycles. The van der Waals surface area contributed by atoms with E-state index >= 15 is 0 Å². The van der Waals surface area contributed by atoms with E-state index in [1.165, 1.54) is 315 Å². The van der Waals surface area contributed by atoms with Crippen LogP contribution < -0.4 is 5.32 Å². The van der Waals surface area contributed by atoms with Gasteiger partial charge < -0.3 is 65.1 Å². The summed E-state index contributed by atoms with van der Waals surface area (Å²) in [7, 11) is 0. The van der Waals surface area contributed by atoms with Gasteiger partial charge in [-0.05, 0) is 57.8 Å². The minimum absolute atomic E-state index is 0.232. The highest BCUT2D eigenvalue weighted by atomic mass is 16.7. The monoisotopic (exact) mass is 1400 g/mol. The summed E-state index contributed by atoms with van der Waals surface area (Å²) in [5.41, 5.74) is 0. The smallest absolute Gasteiger partial charge is 0.220 e. The van der Waals surface area contributed by atoms with E-state index in [0.29, 0.717) is 6.42 Å². The third-order valence-corrected chi connectivity index (χ3v) is 20.8. The molecule has 0 aromatic rings. The molecule has 2 aliphatic rings. The minimum atomic E-state index is -1.79. The molecule has 0 saturated carbocycles. The van der Waals surface area contributed by atoms with Crippen LogP contribution >= 0.6 is 0 Å². The third kappa shape index (κ3) is 51.7. The fourth-order valence-corrected chi connectivity index (χ4v) is 14.1. The van der Waals surface area contributed by atoms with Crippen molar-refractivity contribution >= 4 is 5.91 Å². The summed E-state index contributed by atoms with van der Waals surface area (Å²) in [4.78, 5) is 13.4. The molecule has 9 N–H and O–H groups in total. The van der Waals surface area contributed by atoms with Crippen LogP contribution in [0.3, 0.4) is 0 Å². The molecule has 0 spiro atoms. The molecule has 2 saturated heterocycles. The van der Waals surface area contributed by atoms with E-state index in [0.717, 1.165) is 51.4 Å². The summed E-state index contributed by atoms with van der Waals surface area (Å²) in [6.07, 6.45) is 76.3. The maximum Gasteiger partial charge on any atom is 0.220 e. The molecule has 2 rings (SSSR count). The molecule has 0 aromatic heterocycles. The van der Waals surface area contributed by atoms with Gasteiger partial charge in [0.1, 0.15) is 48.8 Å². The number of carbonyl (C=O) groups is 1. The molecule has 99 heavy (non-hydrogen) atoms. The zero-order valence-corrected chi connectivity index (χ0v) is 64.0. The van der Waals surface area contributed by atoms with E-state index < -0.39 is 86.8 Å². The van der Waals surface area contributed by atoms with Gasteiger partial charge >= 0.3 is 0 Å². The van der Waals surface area contributed by atoms with Crippen molar-refractivity contribution < 1.29 is 64.6 Å². The lowest BCUT2D eigenvalue weighted by atomic mass is 9.97. The summed E-state index contributed by atoms with van der Waals surface area (Å²) < 4.78 is 22.9. The molecule has 2 aliphatic heterocycles. The maximum absolute atomic E-state index is 13.4. The highest BCUT2D eigenvalue weighted by Crippen LogP contribution is 2.30. The first kappa shape index (κ1) is 93.0. The van der Waals surface area contributed by atoms with Gasteiger partial charge in [-0.15, -0.1) is 0 Å². The van der Waals surface area contributed by atoms with Gasteiger partial charge in [0.25, 0.3) is 0 Å². The maximum atomic E-state index is 13.4. The zero-order chi connectivity index (χ0) is 71.5. The Morgan fingerprint density at radius 2 is 0.667 bits per heavy atom. The van der Waals surface area contributed by atoms with Gasteiger partial charge in [0.2, 0.25) is 5.91 Å². The van der Waals surface area contributed by atoms with Crippen molar-refractivity contribution in [3.63, 3.8) is 0 Å². The van der Waals surface area contributed by atoms with Crippen LogP contribution in [0.1, 0.15) is 393 Å². The van der Waals surface area contributed by atoms with Gasteiger partial charge in [-0.2, -0.15) is 0 Å². The van der Waals surface area contributed by atoms with E-state index in [9.17, 15) is 45.6 Å². The van der Waals surface area contributed by atoms with Gasteiger partial charge in [-0.3, -0.25) is 4.79 Å². The molecule has 14 nitrogen and oxygen atoms in total. The van der Waals surface area contributed by atoms with Crippen molar-refractivity contribution in [2.75, 3.05) is 19.8 Å². The minimum Gasteiger partial charge on any atom is -0.394 e. The predicted octanol–water partition coefficient (Wildman–Crippen LogP) is 19.8. The van der Waals surface area contributed by atoms with Crippen molar-refractivity contribution in [3.8, 4) is 0 Å². The molecule has 12 unspecified atom stereocenters. The number of carbonyl (C=O) groups excluding carboxylic acids is 1. The summed E-state index contributed by atoms with van der Waals surface area (Å²) in [6.45, 7) is 2.85. The largest absolute Gasteiger partial charge is 0.394 e. The van der Waals surface area contributed by atoms with E-state index in [2.05, 4.69) is 55.6 Å². The highest BCUT2D eigenvalue weighted by Gasteiger charge is 2.51. The van der Waals surface area contributed by atoms with E-state index in [1.807, 2.05) is 6.08 Å². The average molecular weight is 1400 g/mol. The Labute approximate surface area is 607 Å². The molecule has 2 heterocycles. The Morgan fingerprint density at radius 1 is 0.364 bits per heavy atom. The van der Waals surface area contributed by atoms with Crippen molar-refractivity contribution in [2.24, 2.45) is 0 Å². The first-order valence-corrected chi connectivity index (χ1v) is 42.4. The standard InChI is InChI=1S/C85H159NO13/c1-3-5-7-9-11-13-15-17-19-21-23-25-27-29-31-33-35-36-37-38-39-41-43-45-47-49-51-53-55-57-59-61-63-65-67-69-77(90)86-73(72-96-84-82(95)80(93)83(76(71-88)98-84)99-85-81(94)79(92)78(91)75(70-87)97-85)74(89)68-66-64-62-60-58-56-54-52-50-48-46-44-42-40-34-32-30-28-26-24-22-20-18-16-14-12-10-8-6-4-2/h15,17,21,23,27,29,66,68,73-76,78-85,87-89,91-95H,3-14,16,18-20,22,24-26,28,30-65,67,69-72H2,1-2H3,(H,86,90)/b17-15-,23-21-,29-27-,68-66+. The van der Waals surface area contributed by atoms with Gasteiger partial charge in [-0.1, -0.05) is 377 Å². The Kier molecular flexibility index (Phi) is 64.9. The van der Waals surface area contributed by atoms with Gasteiger partial charge in [0.05, 0.1) is 32.0 Å². The summed E-state index contributed by atoms with van der Waals surface area (Å²) in [6, 6.07) is -0.916. The van der Waals surface area contributed by atoms with Crippen molar-refractivity contribution in [1.29, 1.82) is 0 Å². The quantitative estimate of drug-likeness (QED) is 0.0204. The van der Waals surface area contributed by atoms with Crippen LogP contribution in [-0.4, -0.2) is 140 Å². The second-order valence-corrected chi connectivity index (χ2v) is 30.0. The van der Waals surface area contributed by atoms with Gasteiger partial charge in [0.15, 0.2) is 12.6 Å². The first-order valence-electron chi connectivity index (χ1n) is 42.4. The van der Waals surface area contributed by atoms with Crippen molar-refractivity contribution in [2.45, 2.75) is 466 Å². The van der Waals surface area contributed by atoms with Crippen LogP contribution in [0.25, 0.3) is 0 Å². The number of hydrogen-bond acceptors (Lipinski definition) is 13. The van der Waals surface area contributed by atoms with Crippen LogP contribution in [0, 0.1) is 0 Å². The number of aliphatic hydroxyl groups is 8. The molecule has 1 amide bonds. The van der Waals surface area contributed by atoms with Crippen LogP contribution in [0.15, 0.2) is 48.6 Å². The molecular formula is C85H159NO13. The molecular weight excluding hydrogens is 1240 g/mol. The molecule has 0 radical (unpaired) electrons. The van der Waals surface area contributed by atoms with E-state index in [1.54, 1.807) is 6.08 Å². The fraction of sp³-hybridized carbons (Fsp3) is 0.894. The summed E-state index contributed by atoms with van der Waals surface area (Å²) >= 11 is 0. The Bertz CT molecular complexity index is 1850. The second-order valence-electron chi connectivity index (χ2n) is 30.0. The number of rotatable bonds is 72. The second kappa shape index (κ2) is 69.0. The van der Waals surface area contributed by atoms with Crippen LogP contribution in [0.4, 0.5) is 0 Å². The zero-order valence-electron chi connectivity index (χ0n) is 64.0. The SMILES string of the molecule is CCCCCCC/C=C\C/C=C\C/C=C\CCCCCCCCCCCCCCCCCCCCCCC(=O)NC(COC1OC(CO)C(OC2OC(CO)C(O)C(O)C2O)C(O)C1O)C(O)/C=C/CCCCCCCCCCCCCCCCCCCCCCCCCCCCCC. The molecule has 12 atom stereocenters. The van der Waals surface area contributed by atoms with Crippen LogP contribution in [-0.2, 0) is 23.7 Å². The third-order valence-electron chi connectivity index (χ3n) is 20.8. The van der Waals surface area contributed by atoms with Gasteiger partial charge in [-0.25, -0.2) is 0 Å². The summed E-state index contributed by atoms with van der Waals surface area (Å²) in [5.74, 6) is -0.232. The number of amides is 1. The summed E-state index contributed by atoms with van der Waals surface area (Å²) in [5, 5.41) is 87.8.